The fraction of sp³-hybridized carbons (Fsp3) is 0.385. The number of nitrogens with two attached hydrogens (primary N) is 1. The first-order chi connectivity index (χ1) is 16.5. The molecule has 1 saturated carbocycles. The lowest BCUT2D eigenvalue weighted by atomic mass is 9.91. The number of carbonyl (C=O) groups excluding carboxylic acids is 1. The van der Waals surface area contributed by atoms with Crippen molar-refractivity contribution in [1.82, 2.24) is 5.32 Å². The minimum absolute atomic E-state index is 0.0547. The molecule has 34 heavy (non-hydrogen) atoms. The summed E-state index contributed by atoms with van der Waals surface area (Å²) in [5, 5.41) is 3.17. The van der Waals surface area contributed by atoms with Crippen LogP contribution < -0.4 is 20.7 Å². The number of ether oxygens (including phenoxy) is 1. The molecule has 2 heterocycles. The summed E-state index contributed by atoms with van der Waals surface area (Å²) in [6, 6.07) is 7.20. The van der Waals surface area contributed by atoms with Crippen molar-refractivity contribution in [2.75, 3.05) is 18.0 Å². The maximum absolute atomic E-state index is 14.6. The number of amides is 1. The van der Waals surface area contributed by atoms with Gasteiger partial charge in [-0.3, -0.25) is 9.79 Å². The molecular formula is C26H28F2N4O2. The molecular weight excluding hydrogens is 438 g/mol. The minimum atomic E-state index is -0.800. The molecule has 3 N–H and O–H groups in total. The molecule has 5 rings (SSSR count). The van der Waals surface area contributed by atoms with E-state index in [0.29, 0.717) is 23.3 Å². The standard InChI is InChI=1S/C26H28F2N4O2/c1-15-2-6-21-23(32(15)26(33)16-3-4-16)8-7-20(17(11-29)12-31-19-13-30-14-19)25(21)34-24-9-5-18(27)10-22(24)28/h5,7-12,15-16,19,30H,2-4,6,13-14,29H2,1H3/t15-/m0/s1. The van der Waals surface area contributed by atoms with Crippen LogP contribution in [0.4, 0.5) is 14.5 Å². The van der Waals surface area contributed by atoms with Crippen molar-refractivity contribution < 1.29 is 18.3 Å². The third kappa shape index (κ3) is 4.30. The molecule has 1 amide bonds. The molecule has 6 nitrogen and oxygen atoms in total. The average molecular weight is 467 g/mol. The van der Waals surface area contributed by atoms with E-state index in [2.05, 4.69) is 10.3 Å². The van der Waals surface area contributed by atoms with Gasteiger partial charge in [0.05, 0.1) is 11.7 Å². The molecule has 1 saturated heterocycles. The summed E-state index contributed by atoms with van der Waals surface area (Å²) < 4.78 is 34.2. The van der Waals surface area contributed by atoms with Crippen molar-refractivity contribution in [3.8, 4) is 11.5 Å². The van der Waals surface area contributed by atoms with E-state index in [0.717, 1.165) is 55.7 Å². The Morgan fingerprint density at radius 2 is 2.00 bits per heavy atom. The predicted molar refractivity (Wildman–Crippen MR) is 128 cm³/mol. The van der Waals surface area contributed by atoms with Gasteiger partial charge in [-0.15, -0.1) is 0 Å². The molecule has 3 aliphatic rings. The van der Waals surface area contributed by atoms with Gasteiger partial charge in [0.1, 0.15) is 11.6 Å². The normalized spacial score (nSPS) is 20.9. The molecule has 2 aromatic carbocycles. The van der Waals surface area contributed by atoms with Crippen molar-refractivity contribution in [2.45, 2.75) is 44.7 Å². The summed E-state index contributed by atoms with van der Waals surface area (Å²) in [6.45, 7) is 3.65. The lowest BCUT2D eigenvalue weighted by molar-refractivity contribution is -0.120. The first-order valence-corrected chi connectivity index (χ1v) is 11.7. The Labute approximate surface area is 197 Å². The third-order valence-electron chi connectivity index (χ3n) is 6.69. The molecule has 1 aliphatic carbocycles. The number of nitrogens with one attached hydrogen (secondary N) is 1. The molecule has 0 spiro atoms. The van der Waals surface area contributed by atoms with Crippen LogP contribution in [0.15, 0.2) is 41.5 Å². The molecule has 0 aromatic heterocycles. The van der Waals surface area contributed by atoms with E-state index in [1.165, 1.54) is 12.3 Å². The number of allylic oxidation sites excluding steroid dienone is 1. The van der Waals surface area contributed by atoms with E-state index < -0.39 is 11.6 Å². The van der Waals surface area contributed by atoms with Gasteiger partial charge in [-0.25, -0.2) is 8.78 Å². The Balaban J connectivity index is 1.61. The summed E-state index contributed by atoms with van der Waals surface area (Å²) in [6.07, 6.45) is 6.38. The summed E-state index contributed by atoms with van der Waals surface area (Å²) in [7, 11) is 0. The Morgan fingerprint density at radius 3 is 2.65 bits per heavy atom. The van der Waals surface area contributed by atoms with Crippen LogP contribution in [0.5, 0.6) is 11.5 Å². The Hall–Kier alpha value is -3.26. The van der Waals surface area contributed by atoms with Gasteiger partial charge in [0.25, 0.3) is 0 Å². The maximum Gasteiger partial charge on any atom is 0.230 e. The molecule has 0 unspecified atom stereocenters. The lowest BCUT2D eigenvalue weighted by Gasteiger charge is -2.37. The maximum atomic E-state index is 14.6. The second-order valence-electron chi connectivity index (χ2n) is 9.20. The smallest absolute Gasteiger partial charge is 0.230 e. The largest absolute Gasteiger partial charge is 0.453 e. The number of aliphatic imine (C=N–C) groups is 1. The van der Waals surface area contributed by atoms with Crippen molar-refractivity contribution in [1.29, 1.82) is 0 Å². The molecule has 2 aliphatic heterocycles. The number of hydrogen-bond donors (Lipinski definition) is 2. The molecule has 1 atom stereocenters. The molecule has 178 valence electrons. The molecule has 2 aromatic rings. The van der Waals surface area contributed by atoms with Crippen molar-refractivity contribution >= 4 is 23.4 Å². The number of hydrogen-bond acceptors (Lipinski definition) is 5. The van der Waals surface area contributed by atoms with Crippen LogP contribution in [0.1, 0.15) is 37.3 Å². The number of nitrogens with zero attached hydrogens (tertiary/aromatic N) is 2. The van der Waals surface area contributed by atoms with E-state index in [4.69, 9.17) is 10.5 Å². The van der Waals surface area contributed by atoms with Crippen LogP contribution in [0.25, 0.3) is 5.57 Å². The quantitative estimate of drug-likeness (QED) is 0.626. The van der Waals surface area contributed by atoms with E-state index in [9.17, 15) is 13.6 Å². The van der Waals surface area contributed by atoms with Crippen LogP contribution in [0, 0.1) is 17.6 Å². The number of carbonyl (C=O) groups is 1. The van der Waals surface area contributed by atoms with Gasteiger partial charge in [-0.1, -0.05) is 0 Å². The SMILES string of the molecule is C[C@H]1CCc2c(ccc(C(C=NC3CNC3)=CN)c2Oc2ccc(F)cc2F)N1C(=O)C1CC1. The summed E-state index contributed by atoms with van der Waals surface area (Å²) >= 11 is 0. The number of halogens is 2. The highest BCUT2D eigenvalue weighted by Gasteiger charge is 2.39. The number of anilines is 1. The van der Waals surface area contributed by atoms with Gasteiger partial charge in [-0.2, -0.15) is 0 Å². The lowest BCUT2D eigenvalue weighted by Crippen LogP contribution is -2.45. The van der Waals surface area contributed by atoms with Gasteiger partial charge < -0.3 is 20.7 Å². The summed E-state index contributed by atoms with van der Waals surface area (Å²) in [5.74, 6) is -0.974. The Bertz CT molecular complexity index is 1170. The third-order valence-corrected chi connectivity index (χ3v) is 6.69. The zero-order valence-electron chi connectivity index (χ0n) is 19.1. The highest BCUT2D eigenvalue weighted by molar-refractivity contribution is 6.11. The number of rotatable bonds is 6. The number of benzene rings is 2. The Kier molecular flexibility index (Phi) is 6.08. The van der Waals surface area contributed by atoms with Gasteiger partial charge in [-0.05, 0) is 56.9 Å². The topological polar surface area (TPSA) is 80.0 Å². The van der Waals surface area contributed by atoms with E-state index in [1.54, 1.807) is 6.21 Å². The molecule has 0 bridgehead atoms. The zero-order chi connectivity index (χ0) is 23.8. The molecule has 8 heteroatoms. The molecule has 2 fully saturated rings. The minimum Gasteiger partial charge on any atom is -0.453 e. The molecule has 0 radical (unpaired) electrons. The summed E-state index contributed by atoms with van der Waals surface area (Å²) in [5.41, 5.74) is 8.83. The first-order valence-electron chi connectivity index (χ1n) is 11.7. The van der Waals surface area contributed by atoms with E-state index >= 15 is 0 Å². The highest BCUT2D eigenvalue weighted by atomic mass is 19.1. The average Bonchev–Trinajstić information content (AvgIpc) is 3.63. The van der Waals surface area contributed by atoms with E-state index in [-0.39, 0.29) is 29.7 Å². The van der Waals surface area contributed by atoms with Crippen LogP contribution in [-0.4, -0.2) is 37.3 Å². The van der Waals surface area contributed by atoms with Crippen LogP contribution in [0.2, 0.25) is 0 Å². The van der Waals surface area contributed by atoms with Gasteiger partial charge in [0, 0.05) is 60.2 Å². The van der Waals surface area contributed by atoms with Crippen molar-refractivity contribution in [2.24, 2.45) is 16.6 Å². The van der Waals surface area contributed by atoms with Crippen LogP contribution >= 0.6 is 0 Å². The van der Waals surface area contributed by atoms with Crippen molar-refractivity contribution in [3.63, 3.8) is 0 Å². The van der Waals surface area contributed by atoms with Crippen LogP contribution in [0.3, 0.4) is 0 Å². The Morgan fingerprint density at radius 1 is 1.21 bits per heavy atom. The summed E-state index contributed by atoms with van der Waals surface area (Å²) in [4.78, 5) is 19.5. The van der Waals surface area contributed by atoms with Crippen LogP contribution in [-0.2, 0) is 11.2 Å². The number of fused-ring (bicyclic) bond motifs is 1. The second kappa shape index (κ2) is 9.18. The van der Waals surface area contributed by atoms with Crippen molar-refractivity contribution in [3.05, 3.63) is 59.3 Å². The predicted octanol–water partition coefficient (Wildman–Crippen LogP) is 4.18. The fourth-order valence-electron chi connectivity index (χ4n) is 4.45. The van der Waals surface area contributed by atoms with Gasteiger partial charge in [0.2, 0.25) is 5.91 Å². The van der Waals surface area contributed by atoms with Gasteiger partial charge >= 0.3 is 0 Å². The monoisotopic (exact) mass is 466 g/mol. The second-order valence-corrected chi connectivity index (χ2v) is 9.20. The zero-order valence-corrected chi connectivity index (χ0v) is 19.1. The highest BCUT2D eigenvalue weighted by Crippen LogP contribution is 2.45. The van der Waals surface area contributed by atoms with E-state index in [1.807, 2.05) is 24.0 Å². The van der Waals surface area contributed by atoms with Gasteiger partial charge in [0.15, 0.2) is 11.6 Å². The first kappa shape index (κ1) is 22.5. The fourth-order valence-corrected chi connectivity index (χ4v) is 4.45.